The van der Waals surface area contributed by atoms with Crippen molar-refractivity contribution in [3.05, 3.63) is 29.3 Å². The van der Waals surface area contributed by atoms with Crippen molar-refractivity contribution in [2.24, 2.45) is 10.9 Å². The SMILES string of the molecule is CN=C(NCc1ccc(C)cc1OCC1CCOC1)NCC(C)N1CCN(C)CC1. The molecule has 0 radical (unpaired) electrons. The van der Waals surface area contributed by atoms with Crippen LogP contribution in [0.15, 0.2) is 23.2 Å². The number of ether oxygens (including phenoxy) is 2. The van der Waals surface area contributed by atoms with Crippen molar-refractivity contribution in [3.63, 3.8) is 0 Å². The van der Waals surface area contributed by atoms with Crippen molar-refractivity contribution in [2.75, 3.05) is 66.6 Å². The Kier molecular flexibility index (Phi) is 8.78. The first-order chi connectivity index (χ1) is 14.5. The molecular weight excluding hydrogens is 378 g/mol. The molecule has 1 aromatic rings. The van der Waals surface area contributed by atoms with Crippen LogP contribution in [0.2, 0.25) is 0 Å². The van der Waals surface area contributed by atoms with Crippen LogP contribution in [-0.2, 0) is 11.3 Å². The van der Waals surface area contributed by atoms with Gasteiger partial charge in [0.2, 0.25) is 0 Å². The molecule has 0 spiro atoms. The van der Waals surface area contributed by atoms with Gasteiger partial charge in [-0.25, -0.2) is 0 Å². The first-order valence-corrected chi connectivity index (χ1v) is 11.2. The molecule has 0 bridgehead atoms. The second kappa shape index (κ2) is 11.5. The van der Waals surface area contributed by atoms with Crippen molar-refractivity contribution in [1.29, 1.82) is 0 Å². The maximum atomic E-state index is 6.16. The minimum Gasteiger partial charge on any atom is -0.493 e. The van der Waals surface area contributed by atoms with E-state index >= 15 is 0 Å². The van der Waals surface area contributed by atoms with E-state index in [9.17, 15) is 0 Å². The highest BCUT2D eigenvalue weighted by Crippen LogP contribution is 2.22. The monoisotopic (exact) mass is 417 g/mol. The number of nitrogens with one attached hydrogen (secondary N) is 2. The summed E-state index contributed by atoms with van der Waals surface area (Å²) >= 11 is 0. The average Bonchev–Trinajstić information content (AvgIpc) is 3.27. The number of likely N-dealkylation sites (N-methyl/N-ethyl adjacent to an activating group) is 1. The largest absolute Gasteiger partial charge is 0.493 e. The number of piperazine rings is 1. The molecule has 2 aliphatic heterocycles. The molecule has 2 heterocycles. The van der Waals surface area contributed by atoms with Gasteiger partial charge in [0.25, 0.3) is 0 Å². The number of nitrogens with zero attached hydrogens (tertiary/aromatic N) is 3. The summed E-state index contributed by atoms with van der Waals surface area (Å²) in [5.41, 5.74) is 2.36. The zero-order valence-electron chi connectivity index (χ0n) is 19.1. The molecule has 1 aromatic carbocycles. The highest BCUT2D eigenvalue weighted by Gasteiger charge is 2.19. The number of aliphatic imine (C=N–C) groups is 1. The van der Waals surface area contributed by atoms with Crippen LogP contribution in [0.5, 0.6) is 5.75 Å². The van der Waals surface area contributed by atoms with Crippen molar-refractivity contribution in [2.45, 2.75) is 32.9 Å². The normalized spacial score (nSPS) is 22.1. The van der Waals surface area contributed by atoms with Crippen molar-refractivity contribution in [1.82, 2.24) is 20.4 Å². The Bertz CT molecular complexity index is 682. The van der Waals surface area contributed by atoms with E-state index < -0.39 is 0 Å². The van der Waals surface area contributed by atoms with Crippen LogP contribution in [0.25, 0.3) is 0 Å². The second-order valence-corrected chi connectivity index (χ2v) is 8.65. The third kappa shape index (κ3) is 6.86. The molecule has 7 nitrogen and oxygen atoms in total. The Morgan fingerprint density at radius 2 is 2.07 bits per heavy atom. The highest BCUT2D eigenvalue weighted by atomic mass is 16.5. The van der Waals surface area contributed by atoms with E-state index in [0.717, 1.165) is 69.6 Å². The second-order valence-electron chi connectivity index (χ2n) is 8.65. The Morgan fingerprint density at radius 1 is 1.27 bits per heavy atom. The lowest BCUT2D eigenvalue weighted by atomic mass is 10.1. The molecule has 0 amide bonds. The molecule has 2 aliphatic rings. The molecule has 3 rings (SSSR count). The number of guanidine groups is 1. The van der Waals surface area contributed by atoms with Crippen LogP contribution in [0.4, 0.5) is 0 Å². The van der Waals surface area contributed by atoms with Gasteiger partial charge in [-0.15, -0.1) is 0 Å². The van der Waals surface area contributed by atoms with E-state index in [2.05, 4.69) is 64.5 Å². The number of benzene rings is 1. The fraction of sp³-hybridized carbons (Fsp3) is 0.696. The Hall–Kier alpha value is -1.83. The van der Waals surface area contributed by atoms with Gasteiger partial charge in [0, 0.05) is 70.4 Å². The van der Waals surface area contributed by atoms with Gasteiger partial charge < -0.3 is 25.0 Å². The molecule has 7 heteroatoms. The summed E-state index contributed by atoms with van der Waals surface area (Å²) in [4.78, 5) is 9.33. The van der Waals surface area contributed by atoms with Gasteiger partial charge in [0.1, 0.15) is 5.75 Å². The van der Waals surface area contributed by atoms with Gasteiger partial charge in [0.15, 0.2) is 5.96 Å². The average molecular weight is 418 g/mol. The molecule has 2 N–H and O–H groups in total. The highest BCUT2D eigenvalue weighted by molar-refractivity contribution is 5.79. The molecule has 168 valence electrons. The first kappa shape index (κ1) is 22.8. The van der Waals surface area contributed by atoms with Gasteiger partial charge >= 0.3 is 0 Å². The van der Waals surface area contributed by atoms with E-state index in [-0.39, 0.29) is 0 Å². The quantitative estimate of drug-likeness (QED) is 0.496. The van der Waals surface area contributed by atoms with Gasteiger partial charge in [0.05, 0.1) is 13.2 Å². The summed E-state index contributed by atoms with van der Waals surface area (Å²) in [5.74, 6) is 2.28. The standard InChI is InChI=1S/C23H39N5O2/c1-18-5-6-21(22(13-18)30-17-20-7-12-29-16-20)15-26-23(24-3)25-14-19(2)28-10-8-27(4)9-11-28/h5-6,13,19-20H,7-12,14-17H2,1-4H3,(H2,24,25,26). The molecule has 0 saturated carbocycles. The maximum absolute atomic E-state index is 6.16. The summed E-state index contributed by atoms with van der Waals surface area (Å²) in [6.45, 7) is 12.8. The third-order valence-corrected chi connectivity index (χ3v) is 6.12. The van der Waals surface area contributed by atoms with Gasteiger partial charge in [-0.05, 0) is 38.9 Å². The lowest BCUT2D eigenvalue weighted by Gasteiger charge is -2.36. The molecule has 0 aliphatic carbocycles. The van der Waals surface area contributed by atoms with Crippen LogP contribution < -0.4 is 15.4 Å². The van der Waals surface area contributed by atoms with E-state index in [4.69, 9.17) is 9.47 Å². The molecule has 2 unspecified atom stereocenters. The molecular formula is C23H39N5O2. The lowest BCUT2D eigenvalue weighted by molar-refractivity contribution is 0.120. The van der Waals surface area contributed by atoms with Crippen LogP contribution in [0.1, 0.15) is 24.5 Å². The van der Waals surface area contributed by atoms with Crippen LogP contribution in [-0.4, -0.2) is 88.4 Å². The summed E-state index contributed by atoms with van der Waals surface area (Å²) in [6, 6.07) is 6.87. The Balaban J connectivity index is 1.48. The fourth-order valence-electron chi connectivity index (χ4n) is 3.90. The van der Waals surface area contributed by atoms with Gasteiger partial charge in [-0.2, -0.15) is 0 Å². The number of aryl methyl sites for hydroxylation is 1. The van der Waals surface area contributed by atoms with Crippen LogP contribution >= 0.6 is 0 Å². The molecule has 2 atom stereocenters. The summed E-state index contributed by atoms with van der Waals surface area (Å²) in [5, 5.41) is 6.93. The Labute approximate surface area is 181 Å². The predicted octanol–water partition coefficient (Wildman–Crippen LogP) is 1.71. The van der Waals surface area contributed by atoms with Crippen molar-refractivity contribution in [3.8, 4) is 5.75 Å². The minimum absolute atomic E-state index is 0.476. The van der Waals surface area contributed by atoms with Crippen LogP contribution in [0.3, 0.4) is 0 Å². The minimum atomic E-state index is 0.476. The smallest absolute Gasteiger partial charge is 0.191 e. The van der Waals surface area contributed by atoms with E-state index in [1.54, 1.807) is 0 Å². The van der Waals surface area contributed by atoms with E-state index in [1.807, 2.05) is 7.05 Å². The van der Waals surface area contributed by atoms with E-state index in [0.29, 0.717) is 25.1 Å². The van der Waals surface area contributed by atoms with Gasteiger partial charge in [-0.3, -0.25) is 9.89 Å². The third-order valence-electron chi connectivity index (χ3n) is 6.12. The molecule has 2 saturated heterocycles. The summed E-state index contributed by atoms with van der Waals surface area (Å²) in [6.07, 6.45) is 1.08. The van der Waals surface area contributed by atoms with Crippen molar-refractivity contribution < 1.29 is 9.47 Å². The first-order valence-electron chi connectivity index (χ1n) is 11.2. The van der Waals surface area contributed by atoms with Crippen LogP contribution in [0, 0.1) is 12.8 Å². The summed E-state index contributed by atoms with van der Waals surface area (Å²) in [7, 11) is 4.01. The molecule has 30 heavy (non-hydrogen) atoms. The van der Waals surface area contributed by atoms with E-state index in [1.165, 1.54) is 5.56 Å². The lowest BCUT2D eigenvalue weighted by Crippen LogP contribution is -2.52. The number of rotatable bonds is 8. The number of hydrogen-bond acceptors (Lipinski definition) is 5. The molecule has 0 aromatic heterocycles. The van der Waals surface area contributed by atoms with Gasteiger partial charge in [-0.1, -0.05) is 12.1 Å². The topological polar surface area (TPSA) is 61.4 Å². The molecule has 2 fully saturated rings. The number of hydrogen-bond donors (Lipinski definition) is 2. The predicted molar refractivity (Wildman–Crippen MR) is 122 cm³/mol. The summed E-state index contributed by atoms with van der Waals surface area (Å²) < 4.78 is 11.6. The van der Waals surface area contributed by atoms with Crippen molar-refractivity contribution >= 4 is 5.96 Å². The Morgan fingerprint density at radius 3 is 2.77 bits per heavy atom. The fourth-order valence-corrected chi connectivity index (χ4v) is 3.90. The maximum Gasteiger partial charge on any atom is 0.191 e. The zero-order chi connectivity index (χ0) is 21.3. The zero-order valence-corrected chi connectivity index (χ0v) is 19.1.